The van der Waals surface area contributed by atoms with Gasteiger partial charge in [-0.05, 0) is 14.1 Å². The molecule has 0 aliphatic heterocycles. The van der Waals surface area contributed by atoms with Crippen molar-refractivity contribution in [1.82, 2.24) is 9.62 Å². The van der Waals surface area contributed by atoms with Crippen LogP contribution in [0.4, 0.5) is 0 Å². The summed E-state index contributed by atoms with van der Waals surface area (Å²) < 4.78 is 3.29. The van der Waals surface area contributed by atoms with Crippen LogP contribution in [0.1, 0.15) is 13.8 Å². The summed E-state index contributed by atoms with van der Waals surface area (Å²) in [6.45, 7) is 6.55. The van der Waals surface area contributed by atoms with Crippen LogP contribution in [0.25, 0.3) is 0 Å². The second kappa shape index (κ2) is 6.01. The number of nitrogens with one attached hydrogen (secondary N) is 1. The number of likely N-dealkylation sites (N-methyl/N-ethyl adjacent to an activating group) is 1. The van der Waals surface area contributed by atoms with Crippen molar-refractivity contribution >= 4 is 11.9 Å². The van der Waals surface area contributed by atoms with Gasteiger partial charge in [0, 0.05) is 18.3 Å². The maximum atomic E-state index is 3.29. The Morgan fingerprint density at radius 1 is 1.40 bits per heavy atom. The highest BCUT2D eigenvalue weighted by Gasteiger charge is 1.92. The lowest BCUT2D eigenvalue weighted by molar-refractivity contribution is 0.415. The summed E-state index contributed by atoms with van der Waals surface area (Å²) in [5, 5.41) is 0.683. The Morgan fingerprint density at radius 3 is 2.40 bits per heavy atom. The minimum absolute atomic E-state index is 0.683. The monoisotopic (exact) mass is 162 g/mol. The van der Waals surface area contributed by atoms with Gasteiger partial charge in [0.2, 0.25) is 0 Å². The molecule has 0 unspecified atom stereocenters. The molecule has 2 nitrogen and oxygen atoms in total. The summed E-state index contributed by atoms with van der Waals surface area (Å²) in [5.74, 6) is 0. The van der Waals surface area contributed by atoms with Crippen molar-refractivity contribution in [2.24, 2.45) is 0 Å². The molecule has 0 radical (unpaired) electrons. The van der Waals surface area contributed by atoms with Crippen molar-refractivity contribution in [3.05, 3.63) is 0 Å². The molecular weight excluding hydrogens is 144 g/mol. The Morgan fingerprint density at radius 2 is 2.00 bits per heavy atom. The van der Waals surface area contributed by atoms with Gasteiger partial charge in [-0.15, -0.1) is 0 Å². The zero-order valence-corrected chi connectivity index (χ0v) is 8.16. The Bertz CT molecular complexity index is 64.0. The van der Waals surface area contributed by atoms with Gasteiger partial charge in [-0.2, -0.15) is 0 Å². The second-order valence-corrected chi connectivity index (χ2v) is 4.33. The lowest BCUT2D eigenvalue weighted by Crippen LogP contribution is -2.23. The van der Waals surface area contributed by atoms with Crippen LogP contribution in [0.3, 0.4) is 0 Å². The molecule has 0 heterocycles. The van der Waals surface area contributed by atoms with E-state index in [4.69, 9.17) is 0 Å². The highest BCUT2D eigenvalue weighted by molar-refractivity contribution is 7.97. The number of rotatable bonds is 5. The third-order valence-corrected chi connectivity index (χ3v) is 1.82. The van der Waals surface area contributed by atoms with Gasteiger partial charge in [0.25, 0.3) is 0 Å². The molecule has 0 saturated heterocycles. The van der Waals surface area contributed by atoms with Crippen LogP contribution in [0, 0.1) is 0 Å². The van der Waals surface area contributed by atoms with Crippen molar-refractivity contribution in [2.75, 3.05) is 27.2 Å². The van der Waals surface area contributed by atoms with E-state index in [0.717, 1.165) is 13.1 Å². The van der Waals surface area contributed by atoms with Crippen LogP contribution >= 0.6 is 11.9 Å². The van der Waals surface area contributed by atoms with E-state index in [-0.39, 0.29) is 0 Å². The third-order valence-electron chi connectivity index (χ3n) is 0.980. The fraction of sp³-hybridized carbons (Fsp3) is 1.00. The van der Waals surface area contributed by atoms with Crippen molar-refractivity contribution in [1.29, 1.82) is 0 Å². The van der Waals surface area contributed by atoms with Crippen molar-refractivity contribution in [2.45, 2.75) is 19.1 Å². The molecular formula is C7H18N2S. The SMILES string of the molecule is CC(C)SNCCN(C)C. The highest BCUT2D eigenvalue weighted by Crippen LogP contribution is 2.01. The third kappa shape index (κ3) is 8.27. The predicted molar refractivity (Wildman–Crippen MR) is 49.3 cm³/mol. The van der Waals surface area contributed by atoms with Gasteiger partial charge in [-0.3, -0.25) is 4.72 Å². The molecule has 0 aromatic heterocycles. The standard InChI is InChI=1S/C7H18N2S/c1-7(2)10-8-5-6-9(3)4/h7-8H,5-6H2,1-4H3. The lowest BCUT2D eigenvalue weighted by atomic mass is 10.6. The molecule has 0 aromatic carbocycles. The minimum Gasteiger partial charge on any atom is -0.308 e. The lowest BCUT2D eigenvalue weighted by Gasteiger charge is -2.10. The van der Waals surface area contributed by atoms with Crippen molar-refractivity contribution < 1.29 is 0 Å². The van der Waals surface area contributed by atoms with Crippen LogP contribution < -0.4 is 4.72 Å². The minimum atomic E-state index is 0.683. The molecule has 3 heteroatoms. The van der Waals surface area contributed by atoms with Crippen molar-refractivity contribution in [3.8, 4) is 0 Å². The molecule has 0 saturated carbocycles. The van der Waals surface area contributed by atoms with E-state index in [9.17, 15) is 0 Å². The van der Waals surface area contributed by atoms with E-state index >= 15 is 0 Å². The molecule has 0 aliphatic carbocycles. The molecule has 0 aliphatic rings. The van der Waals surface area contributed by atoms with E-state index in [0.29, 0.717) is 5.25 Å². The van der Waals surface area contributed by atoms with Gasteiger partial charge in [0.15, 0.2) is 0 Å². The largest absolute Gasteiger partial charge is 0.308 e. The first kappa shape index (κ1) is 10.3. The maximum Gasteiger partial charge on any atom is 0.0186 e. The second-order valence-electron chi connectivity index (χ2n) is 2.86. The highest BCUT2D eigenvalue weighted by atomic mass is 32.2. The zero-order valence-electron chi connectivity index (χ0n) is 7.35. The van der Waals surface area contributed by atoms with Crippen LogP contribution in [-0.4, -0.2) is 37.3 Å². The number of nitrogens with zero attached hydrogens (tertiary/aromatic N) is 1. The average molecular weight is 162 g/mol. The molecule has 0 rings (SSSR count). The molecule has 1 N–H and O–H groups in total. The molecule has 0 spiro atoms. The predicted octanol–water partition coefficient (Wildman–Crippen LogP) is 1.19. The molecule has 10 heavy (non-hydrogen) atoms. The van der Waals surface area contributed by atoms with E-state index in [1.165, 1.54) is 0 Å². The van der Waals surface area contributed by atoms with Crippen LogP contribution in [0.2, 0.25) is 0 Å². The van der Waals surface area contributed by atoms with Gasteiger partial charge >= 0.3 is 0 Å². The van der Waals surface area contributed by atoms with E-state index < -0.39 is 0 Å². The van der Waals surface area contributed by atoms with Gasteiger partial charge in [0.1, 0.15) is 0 Å². The topological polar surface area (TPSA) is 15.3 Å². The van der Waals surface area contributed by atoms with E-state index in [2.05, 4.69) is 37.6 Å². The van der Waals surface area contributed by atoms with E-state index in [1.807, 2.05) is 0 Å². The van der Waals surface area contributed by atoms with Gasteiger partial charge < -0.3 is 4.90 Å². The fourth-order valence-electron chi connectivity index (χ4n) is 0.495. The first-order valence-electron chi connectivity index (χ1n) is 3.66. The van der Waals surface area contributed by atoms with E-state index in [1.54, 1.807) is 11.9 Å². The average Bonchev–Trinajstić information content (AvgIpc) is 1.79. The number of hydrogen-bond donors (Lipinski definition) is 1. The van der Waals surface area contributed by atoms with Crippen molar-refractivity contribution in [3.63, 3.8) is 0 Å². The summed E-state index contributed by atoms with van der Waals surface area (Å²) >= 11 is 1.80. The first-order chi connectivity index (χ1) is 4.63. The van der Waals surface area contributed by atoms with Gasteiger partial charge in [-0.1, -0.05) is 25.8 Å². The number of hydrogen-bond acceptors (Lipinski definition) is 3. The maximum absolute atomic E-state index is 3.29. The van der Waals surface area contributed by atoms with Gasteiger partial charge in [0.05, 0.1) is 0 Å². The first-order valence-corrected chi connectivity index (χ1v) is 4.54. The molecule has 0 fully saturated rings. The summed E-state index contributed by atoms with van der Waals surface area (Å²) in [4.78, 5) is 2.17. The molecule has 0 aromatic rings. The summed E-state index contributed by atoms with van der Waals surface area (Å²) in [6.07, 6.45) is 0. The van der Waals surface area contributed by atoms with Crippen LogP contribution in [0.15, 0.2) is 0 Å². The Labute approximate surface area is 68.5 Å². The zero-order chi connectivity index (χ0) is 7.98. The van der Waals surface area contributed by atoms with Crippen LogP contribution in [-0.2, 0) is 0 Å². The molecule has 0 bridgehead atoms. The molecule has 62 valence electrons. The molecule has 0 atom stereocenters. The Balaban J connectivity index is 2.91. The fourth-order valence-corrected chi connectivity index (χ4v) is 1.04. The Hall–Kier alpha value is 0.270. The van der Waals surface area contributed by atoms with Crippen LogP contribution in [0.5, 0.6) is 0 Å². The smallest absolute Gasteiger partial charge is 0.0186 e. The molecule has 0 amide bonds. The quantitative estimate of drug-likeness (QED) is 0.483. The Kier molecular flexibility index (Phi) is 6.17. The summed E-state index contributed by atoms with van der Waals surface area (Å²) in [5.41, 5.74) is 0. The summed E-state index contributed by atoms with van der Waals surface area (Å²) in [6, 6.07) is 0. The van der Waals surface area contributed by atoms with Gasteiger partial charge in [-0.25, -0.2) is 0 Å². The summed E-state index contributed by atoms with van der Waals surface area (Å²) in [7, 11) is 4.17. The normalized spacial score (nSPS) is 11.4.